The number of carbonyl (C=O) groups is 1. The molecule has 0 unspecified atom stereocenters. The third-order valence-corrected chi connectivity index (χ3v) is 5.31. The summed E-state index contributed by atoms with van der Waals surface area (Å²) in [6.45, 7) is 3.05. The van der Waals surface area contributed by atoms with Crippen LogP contribution in [0.15, 0.2) is 42.7 Å². The van der Waals surface area contributed by atoms with E-state index in [1.165, 1.54) is 32.3 Å². The largest absolute Gasteiger partial charge is 0.481 e. The van der Waals surface area contributed by atoms with Gasteiger partial charge < -0.3 is 10.1 Å². The molecular formula is C20H15ClF3N3O2. The van der Waals surface area contributed by atoms with E-state index < -0.39 is 28.3 Å². The van der Waals surface area contributed by atoms with Gasteiger partial charge in [-0.1, -0.05) is 29.8 Å². The minimum Gasteiger partial charge on any atom is -0.481 e. The number of hydrogen-bond donors (Lipinski definition) is 2. The summed E-state index contributed by atoms with van der Waals surface area (Å²) in [6, 6.07) is 8.29. The first-order valence-electron chi connectivity index (χ1n) is 8.61. The lowest BCUT2D eigenvalue weighted by atomic mass is 9.84. The molecule has 0 aliphatic rings. The molecule has 0 radical (unpaired) electrons. The molecule has 0 atom stereocenters. The van der Waals surface area contributed by atoms with Crippen LogP contribution in [0.5, 0.6) is 0 Å². The standard InChI is InChI=1S/C20H15ClF3N3O2/c1-19(2,18(28)29)15-14(10-5-3-4-6-13(10)26-15)11-9-12(21)16(20(22,23)24)27-8-7-25-17(11)27/h3-9,26H,1-2H3,(H,28,29). The molecule has 0 bridgehead atoms. The summed E-state index contributed by atoms with van der Waals surface area (Å²) in [7, 11) is 0. The Balaban J connectivity index is 2.16. The van der Waals surface area contributed by atoms with Crippen LogP contribution in [0.25, 0.3) is 27.7 Å². The summed E-state index contributed by atoms with van der Waals surface area (Å²) in [4.78, 5) is 19.2. The van der Waals surface area contributed by atoms with Gasteiger partial charge in [0.2, 0.25) is 0 Å². The normalized spacial score (nSPS) is 12.8. The molecule has 29 heavy (non-hydrogen) atoms. The zero-order valence-electron chi connectivity index (χ0n) is 15.3. The van der Waals surface area contributed by atoms with Crippen molar-refractivity contribution in [3.63, 3.8) is 0 Å². The fraction of sp³-hybridized carbons (Fsp3) is 0.200. The van der Waals surface area contributed by atoms with Crippen LogP contribution in [0.3, 0.4) is 0 Å². The van der Waals surface area contributed by atoms with Crippen molar-refractivity contribution < 1.29 is 23.1 Å². The molecule has 4 aromatic rings. The minimum atomic E-state index is -4.68. The summed E-state index contributed by atoms with van der Waals surface area (Å²) >= 11 is 6.05. The smallest absolute Gasteiger partial charge is 0.433 e. The van der Waals surface area contributed by atoms with Gasteiger partial charge in [0.15, 0.2) is 0 Å². The highest BCUT2D eigenvalue weighted by Gasteiger charge is 2.39. The van der Waals surface area contributed by atoms with Crippen LogP contribution in [0, 0.1) is 0 Å². The fourth-order valence-electron chi connectivity index (χ4n) is 3.51. The molecule has 3 heterocycles. The molecule has 0 fully saturated rings. The van der Waals surface area contributed by atoms with Crippen molar-refractivity contribution >= 4 is 34.1 Å². The molecule has 150 valence electrons. The fourth-order valence-corrected chi connectivity index (χ4v) is 3.82. The lowest BCUT2D eigenvalue weighted by Crippen LogP contribution is -2.29. The maximum absolute atomic E-state index is 13.5. The Morgan fingerprint density at radius 3 is 2.59 bits per heavy atom. The number of alkyl halides is 3. The highest BCUT2D eigenvalue weighted by atomic mass is 35.5. The van der Waals surface area contributed by atoms with Crippen molar-refractivity contribution in [3.8, 4) is 11.1 Å². The number of para-hydroxylation sites is 1. The Morgan fingerprint density at radius 2 is 1.93 bits per heavy atom. The first-order chi connectivity index (χ1) is 13.5. The molecule has 0 spiro atoms. The first kappa shape index (κ1) is 19.3. The van der Waals surface area contributed by atoms with Crippen molar-refractivity contribution in [1.29, 1.82) is 0 Å². The van der Waals surface area contributed by atoms with Crippen molar-refractivity contribution in [1.82, 2.24) is 14.4 Å². The number of hydrogen-bond acceptors (Lipinski definition) is 2. The summed E-state index contributed by atoms with van der Waals surface area (Å²) in [6.07, 6.45) is -2.25. The van der Waals surface area contributed by atoms with Gasteiger partial charge in [-0.2, -0.15) is 13.2 Å². The van der Waals surface area contributed by atoms with E-state index in [0.717, 1.165) is 4.40 Å². The van der Waals surface area contributed by atoms with E-state index in [0.29, 0.717) is 27.7 Å². The molecular weight excluding hydrogens is 407 g/mol. The second-order valence-corrected chi connectivity index (χ2v) is 7.63. The van der Waals surface area contributed by atoms with Crippen molar-refractivity contribution in [2.24, 2.45) is 0 Å². The van der Waals surface area contributed by atoms with Crippen LogP contribution in [0.4, 0.5) is 13.2 Å². The zero-order valence-corrected chi connectivity index (χ0v) is 16.1. The molecule has 0 aliphatic heterocycles. The number of aromatic nitrogens is 3. The van der Waals surface area contributed by atoms with E-state index in [2.05, 4.69) is 9.97 Å². The molecule has 9 heteroatoms. The van der Waals surface area contributed by atoms with Gasteiger partial charge in [0.25, 0.3) is 0 Å². The number of carboxylic acid groups (broad SMARTS) is 1. The number of aliphatic carboxylic acids is 1. The van der Waals surface area contributed by atoms with Gasteiger partial charge in [0, 0.05) is 40.1 Å². The Morgan fingerprint density at radius 1 is 1.24 bits per heavy atom. The van der Waals surface area contributed by atoms with Crippen LogP contribution >= 0.6 is 11.6 Å². The lowest BCUT2D eigenvalue weighted by Gasteiger charge is -2.21. The number of nitrogens with zero attached hydrogens (tertiary/aromatic N) is 2. The summed E-state index contributed by atoms with van der Waals surface area (Å²) in [5, 5.41) is 9.92. The van der Waals surface area contributed by atoms with E-state index in [1.54, 1.807) is 24.3 Å². The SMILES string of the molecule is CC(C)(C(=O)O)c1[nH]c2ccccc2c1-c1cc(Cl)c(C(F)(F)F)n2ccnc12. The molecule has 3 aromatic heterocycles. The van der Waals surface area contributed by atoms with Crippen molar-refractivity contribution in [2.75, 3.05) is 0 Å². The molecule has 0 amide bonds. The second kappa shape index (κ2) is 6.25. The molecule has 5 nitrogen and oxygen atoms in total. The Bertz CT molecular complexity index is 1270. The highest BCUT2D eigenvalue weighted by molar-refractivity contribution is 6.32. The number of imidazole rings is 1. The number of H-pyrrole nitrogens is 1. The molecule has 1 aromatic carbocycles. The highest BCUT2D eigenvalue weighted by Crippen LogP contribution is 2.44. The summed E-state index contributed by atoms with van der Waals surface area (Å²) in [5.74, 6) is -1.08. The number of pyridine rings is 1. The number of halogens is 4. The van der Waals surface area contributed by atoms with Gasteiger partial charge in [-0.25, -0.2) is 4.98 Å². The minimum absolute atomic E-state index is 0.0360. The van der Waals surface area contributed by atoms with Gasteiger partial charge in [-0.3, -0.25) is 9.20 Å². The Labute approximate surface area is 167 Å². The molecule has 0 saturated heterocycles. The monoisotopic (exact) mass is 421 g/mol. The van der Waals surface area contributed by atoms with Gasteiger partial charge >= 0.3 is 12.1 Å². The van der Waals surface area contributed by atoms with E-state index in [4.69, 9.17) is 11.6 Å². The first-order valence-corrected chi connectivity index (χ1v) is 8.99. The number of rotatable bonds is 3. The van der Waals surface area contributed by atoms with Gasteiger partial charge in [-0.05, 0) is 26.0 Å². The van der Waals surface area contributed by atoms with E-state index in [-0.39, 0.29) is 5.65 Å². The maximum atomic E-state index is 13.5. The van der Waals surface area contributed by atoms with Crippen molar-refractivity contribution in [3.05, 3.63) is 59.1 Å². The van der Waals surface area contributed by atoms with E-state index in [1.807, 2.05) is 0 Å². The zero-order chi connectivity index (χ0) is 21.1. The predicted octanol–water partition coefficient (Wildman–Crippen LogP) is 5.52. The second-order valence-electron chi connectivity index (χ2n) is 7.22. The van der Waals surface area contributed by atoms with E-state index in [9.17, 15) is 23.1 Å². The number of fused-ring (bicyclic) bond motifs is 2. The van der Waals surface area contributed by atoms with Gasteiger partial charge in [0.05, 0.1) is 5.02 Å². The van der Waals surface area contributed by atoms with Crippen LogP contribution in [0.1, 0.15) is 25.2 Å². The topological polar surface area (TPSA) is 70.4 Å². The number of benzene rings is 1. The van der Waals surface area contributed by atoms with Crippen LogP contribution in [-0.4, -0.2) is 25.4 Å². The molecule has 4 rings (SSSR count). The third kappa shape index (κ3) is 2.86. The molecule has 2 N–H and O–H groups in total. The predicted molar refractivity (Wildman–Crippen MR) is 103 cm³/mol. The third-order valence-electron chi connectivity index (χ3n) is 5.02. The summed E-state index contributed by atoms with van der Waals surface area (Å²) in [5.41, 5.74) is -0.551. The molecule has 0 saturated carbocycles. The van der Waals surface area contributed by atoms with Crippen LogP contribution < -0.4 is 0 Å². The summed E-state index contributed by atoms with van der Waals surface area (Å²) < 4.78 is 41.5. The van der Waals surface area contributed by atoms with Gasteiger partial charge in [-0.15, -0.1) is 0 Å². The number of carboxylic acids is 1. The van der Waals surface area contributed by atoms with Gasteiger partial charge in [0.1, 0.15) is 16.8 Å². The lowest BCUT2D eigenvalue weighted by molar-refractivity contribution is -0.143. The van der Waals surface area contributed by atoms with Crippen molar-refractivity contribution in [2.45, 2.75) is 25.4 Å². The quantitative estimate of drug-likeness (QED) is 0.457. The van der Waals surface area contributed by atoms with Crippen LogP contribution in [0.2, 0.25) is 5.02 Å². The Hall–Kier alpha value is -3.00. The maximum Gasteiger partial charge on any atom is 0.433 e. The van der Waals surface area contributed by atoms with E-state index >= 15 is 0 Å². The Kier molecular flexibility index (Phi) is 4.16. The molecule has 0 aliphatic carbocycles. The van der Waals surface area contributed by atoms with Crippen LogP contribution in [-0.2, 0) is 16.4 Å². The number of aromatic amines is 1. The average Bonchev–Trinajstić information content (AvgIpc) is 3.24. The number of nitrogens with one attached hydrogen (secondary N) is 1. The average molecular weight is 422 g/mol.